The van der Waals surface area contributed by atoms with Crippen LogP contribution >= 0.6 is 11.8 Å². The van der Waals surface area contributed by atoms with Crippen LogP contribution in [0.4, 0.5) is 5.82 Å². The molecule has 4 rings (SSSR count). The molecule has 2 aliphatic heterocycles. The van der Waals surface area contributed by atoms with Gasteiger partial charge in [-0.1, -0.05) is 23.8 Å². The lowest BCUT2D eigenvalue weighted by atomic mass is 9.96. The summed E-state index contributed by atoms with van der Waals surface area (Å²) in [7, 11) is 0. The predicted molar refractivity (Wildman–Crippen MR) is 111 cm³/mol. The van der Waals surface area contributed by atoms with Gasteiger partial charge < -0.3 is 10.2 Å². The van der Waals surface area contributed by atoms with Crippen LogP contribution in [0.1, 0.15) is 29.5 Å². The molecule has 3 heterocycles. The number of pyridine rings is 1. The van der Waals surface area contributed by atoms with Crippen LogP contribution in [0.25, 0.3) is 0 Å². The number of hydrogen-bond acceptors (Lipinski definition) is 4. The zero-order valence-electron chi connectivity index (χ0n) is 16.3. The number of aromatic nitrogens is 1. The monoisotopic (exact) mass is 395 g/mol. The maximum atomic E-state index is 13.1. The van der Waals surface area contributed by atoms with E-state index in [0.29, 0.717) is 12.4 Å². The third kappa shape index (κ3) is 4.07. The molecule has 1 saturated heterocycles. The number of amides is 2. The highest BCUT2D eigenvalue weighted by Crippen LogP contribution is 2.38. The molecule has 0 unspecified atom stereocenters. The average molecular weight is 396 g/mol. The standard InChI is InChI=1S/C22H25N3O2S/c1-14-5-7-16-11-19(28-18(16)10-14)22(27)25-9-3-4-17(13-25)21(26)24-20-8-6-15(2)12-23-20/h5-8,10,12,17,19H,3-4,9,11,13H2,1-2H3,(H,23,24,26)/t17-,19-/m1/s1. The maximum absolute atomic E-state index is 13.1. The molecule has 6 heteroatoms. The fraction of sp³-hybridized carbons (Fsp3) is 0.409. The summed E-state index contributed by atoms with van der Waals surface area (Å²) in [5, 5.41) is 2.82. The normalized spacial score (nSPS) is 21.3. The molecule has 28 heavy (non-hydrogen) atoms. The number of nitrogens with zero attached hydrogens (tertiary/aromatic N) is 2. The number of thioether (sulfide) groups is 1. The van der Waals surface area contributed by atoms with Gasteiger partial charge in [-0.3, -0.25) is 9.59 Å². The van der Waals surface area contributed by atoms with E-state index in [2.05, 4.69) is 35.4 Å². The smallest absolute Gasteiger partial charge is 0.236 e. The quantitative estimate of drug-likeness (QED) is 0.863. The number of carbonyl (C=O) groups excluding carboxylic acids is 2. The largest absolute Gasteiger partial charge is 0.341 e. The Bertz CT molecular complexity index is 897. The molecule has 5 nitrogen and oxygen atoms in total. The van der Waals surface area contributed by atoms with Gasteiger partial charge in [0.05, 0.1) is 11.2 Å². The van der Waals surface area contributed by atoms with Crippen molar-refractivity contribution < 1.29 is 9.59 Å². The second kappa shape index (κ2) is 7.95. The molecule has 2 amide bonds. The lowest BCUT2D eigenvalue weighted by Crippen LogP contribution is -2.46. The summed E-state index contributed by atoms with van der Waals surface area (Å²) in [5.41, 5.74) is 3.53. The van der Waals surface area contributed by atoms with E-state index in [9.17, 15) is 9.59 Å². The van der Waals surface area contributed by atoms with Crippen molar-refractivity contribution in [2.75, 3.05) is 18.4 Å². The summed E-state index contributed by atoms with van der Waals surface area (Å²) in [4.78, 5) is 33.1. The number of anilines is 1. The summed E-state index contributed by atoms with van der Waals surface area (Å²) < 4.78 is 0. The minimum absolute atomic E-state index is 0.0492. The SMILES string of the molecule is Cc1ccc(NC(=O)[C@@H]2CCCN(C(=O)[C@H]3Cc4ccc(C)cc4S3)C2)nc1. The highest BCUT2D eigenvalue weighted by molar-refractivity contribution is 8.01. The summed E-state index contributed by atoms with van der Waals surface area (Å²) in [6, 6.07) is 10.1. The number of hydrogen-bond donors (Lipinski definition) is 1. The highest BCUT2D eigenvalue weighted by atomic mass is 32.2. The van der Waals surface area contributed by atoms with E-state index < -0.39 is 0 Å². The zero-order chi connectivity index (χ0) is 19.7. The molecule has 1 N–H and O–H groups in total. The fourth-order valence-corrected chi connectivity index (χ4v) is 5.21. The first-order chi connectivity index (χ1) is 13.5. The summed E-state index contributed by atoms with van der Waals surface area (Å²) in [6.45, 7) is 5.26. The van der Waals surface area contributed by atoms with Gasteiger partial charge in [-0.25, -0.2) is 4.98 Å². The molecule has 0 saturated carbocycles. The Balaban J connectivity index is 1.37. The molecule has 146 valence electrons. The average Bonchev–Trinajstić information content (AvgIpc) is 3.12. The molecule has 2 atom stereocenters. The predicted octanol–water partition coefficient (Wildman–Crippen LogP) is 3.59. The zero-order valence-corrected chi connectivity index (χ0v) is 17.1. The first kappa shape index (κ1) is 19.0. The van der Waals surface area contributed by atoms with Crippen molar-refractivity contribution >= 4 is 29.4 Å². The number of likely N-dealkylation sites (tertiary alicyclic amines) is 1. The van der Waals surface area contributed by atoms with Gasteiger partial charge >= 0.3 is 0 Å². The second-order valence-corrected chi connectivity index (χ2v) is 9.00. The summed E-state index contributed by atoms with van der Waals surface area (Å²) >= 11 is 1.66. The van der Waals surface area contributed by atoms with Gasteiger partial charge in [-0.2, -0.15) is 0 Å². The molecule has 0 aliphatic carbocycles. The lowest BCUT2D eigenvalue weighted by Gasteiger charge is -2.33. The van der Waals surface area contributed by atoms with Gasteiger partial charge in [-0.05, 0) is 56.4 Å². The molecule has 0 spiro atoms. The van der Waals surface area contributed by atoms with E-state index in [1.165, 1.54) is 16.0 Å². The van der Waals surface area contributed by atoms with Crippen molar-refractivity contribution in [2.24, 2.45) is 5.92 Å². The van der Waals surface area contributed by atoms with Gasteiger partial charge in [-0.15, -0.1) is 11.8 Å². The van der Waals surface area contributed by atoms with E-state index in [4.69, 9.17) is 0 Å². The first-order valence-corrected chi connectivity index (χ1v) is 10.7. The minimum atomic E-state index is -0.183. The third-order valence-corrected chi connectivity index (χ3v) is 6.73. The van der Waals surface area contributed by atoms with Gasteiger partial charge in [0.2, 0.25) is 11.8 Å². The number of nitrogens with one attached hydrogen (secondary N) is 1. The van der Waals surface area contributed by atoms with Crippen molar-refractivity contribution in [1.82, 2.24) is 9.88 Å². The van der Waals surface area contributed by atoms with Crippen LogP contribution in [0.15, 0.2) is 41.4 Å². The Labute approximate surface area is 169 Å². The molecular weight excluding hydrogens is 370 g/mol. The Morgan fingerprint density at radius 3 is 2.79 bits per heavy atom. The molecule has 0 bridgehead atoms. The molecule has 1 aromatic heterocycles. The summed E-state index contributed by atoms with van der Waals surface area (Å²) in [6.07, 6.45) is 4.18. The van der Waals surface area contributed by atoms with Gasteiger partial charge in [0.25, 0.3) is 0 Å². The lowest BCUT2D eigenvalue weighted by molar-refractivity contribution is -0.134. The number of rotatable bonds is 3. The van der Waals surface area contributed by atoms with Crippen LogP contribution < -0.4 is 5.32 Å². The van der Waals surface area contributed by atoms with Crippen molar-refractivity contribution in [3.05, 3.63) is 53.2 Å². The van der Waals surface area contributed by atoms with Crippen LogP contribution in [-0.2, 0) is 16.0 Å². The number of carbonyl (C=O) groups is 2. The van der Waals surface area contributed by atoms with Crippen LogP contribution in [0.5, 0.6) is 0 Å². The van der Waals surface area contributed by atoms with Gasteiger partial charge in [0, 0.05) is 24.2 Å². The van der Waals surface area contributed by atoms with E-state index in [-0.39, 0.29) is 23.0 Å². The molecule has 1 aromatic carbocycles. The fourth-order valence-electron chi connectivity index (χ4n) is 3.84. The molecule has 0 radical (unpaired) electrons. The number of benzene rings is 1. The Morgan fingerprint density at radius 2 is 2.00 bits per heavy atom. The van der Waals surface area contributed by atoms with Crippen LogP contribution in [-0.4, -0.2) is 40.0 Å². The highest BCUT2D eigenvalue weighted by Gasteiger charge is 2.35. The topological polar surface area (TPSA) is 62.3 Å². The second-order valence-electron chi connectivity index (χ2n) is 7.76. The van der Waals surface area contributed by atoms with Crippen LogP contribution in [0.2, 0.25) is 0 Å². The summed E-state index contributed by atoms with van der Waals surface area (Å²) in [5.74, 6) is 0.490. The van der Waals surface area contributed by atoms with Crippen molar-refractivity contribution in [2.45, 2.75) is 43.3 Å². The van der Waals surface area contributed by atoms with Gasteiger partial charge in [0.15, 0.2) is 0 Å². The van der Waals surface area contributed by atoms with Crippen LogP contribution in [0.3, 0.4) is 0 Å². The Morgan fingerprint density at radius 1 is 1.18 bits per heavy atom. The number of aryl methyl sites for hydroxylation is 2. The Kier molecular flexibility index (Phi) is 5.40. The van der Waals surface area contributed by atoms with E-state index in [1.54, 1.807) is 18.0 Å². The van der Waals surface area contributed by atoms with E-state index >= 15 is 0 Å². The van der Waals surface area contributed by atoms with E-state index in [0.717, 1.165) is 31.4 Å². The first-order valence-electron chi connectivity index (χ1n) is 9.78. The molecule has 2 aromatic rings. The van der Waals surface area contributed by atoms with Crippen molar-refractivity contribution in [3.63, 3.8) is 0 Å². The third-order valence-electron chi connectivity index (χ3n) is 5.44. The van der Waals surface area contributed by atoms with Crippen LogP contribution in [0, 0.1) is 19.8 Å². The molecule has 1 fully saturated rings. The van der Waals surface area contributed by atoms with Crippen molar-refractivity contribution in [3.8, 4) is 0 Å². The van der Waals surface area contributed by atoms with Crippen molar-refractivity contribution in [1.29, 1.82) is 0 Å². The maximum Gasteiger partial charge on any atom is 0.236 e. The molecular formula is C22H25N3O2S. The Hall–Kier alpha value is -2.34. The number of piperidine rings is 1. The minimum Gasteiger partial charge on any atom is -0.341 e. The van der Waals surface area contributed by atoms with Gasteiger partial charge in [0.1, 0.15) is 5.82 Å². The van der Waals surface area contributed by atoms with E-state index in [1.807, 2.05) is 24.0 Å². The number of fused-ring (bicyclic) bond motifs is 1. The molecule has 2 aliphatic rings.